The molecule has 2 aromatic rings. The van der Waals surface area contributed by atoms with Crippen LogP contribution >= 0.6 is 0 Å². The van der Waals surface area contributed by atoms with Gasteiger partial charge in [0.15, 0.2) is 0 Å². The van der Waals surface area contributed by atoms with Crippen LogP contribution in [-0.4, -0.2) is 97.2 Å². The Morgan fingerprint density at radius 3 is 0.923 bits per heavy atom. The van der Waals surface area contributed by atoms with Crippen LogP contribution in [0.1, 0.15) is 219 Å². The van der Waals surface area contributed by atoms with Crippen LogP contribution in [-0.2, 0) is 51.3 Å². The SMILES string of the molecule is CCC(OC(C)=O)C(CCCCCCCCCCCCCC(=O)[O-])OCc1ccccc1.CCC(OC(C)=O)C(CCCCCCCCCCCCCC(=O)[O-])OCc1ccccc1.[Ba+2]. The van der Waals surface area contributed by atoms with Gasteiger partial charge in [-0.3, -0.25) is 9.59 Å². The first-order valence-corrected chi connectivity index (χ1v) is 25.1. The third-order valence-electron chi connectivity index (χ3n) is 11.6. The predicted octanol–water partition coefficient (Wildman–Crippen LogP) is 11.1. The maximum absolute atomic E-state index is 11.5. The van der Waals surface area contributed by atoms with E-state index in [0.717, 1.165) is 88.2 Å². The second kappa shape index (κ2) is 44.3. The molecule has 0 radical (unpaired) electrons. The second-order valence-corrected chi connectivity index (χ2v) is 17.4. The predicted molar refractivity (Wildman–Crippen MR) is 258 cm³/mol. The number of hydrogen-bond donors (Lipinski definition) is 0. The van der Waals surface area contributed by atoms with Crippen molar-refractivity contribution < 1.29 is 48.3 Å². The summed E-state index contributed by atoms with van der Waals surface area (Å²) in [6.45, 7) is 8.08. The number of carbonyl (C=O) groups excluding carboxylic acids is 4. The standard InChI is InChI=1S/2C27H44O5.Ba/c2*1-3-25(32-23(2)28)26(31-22-24-18-14-13-15-19-24)20-16-11-9-7-5-4-6-8-10-12-17-21-27(29)30;/h2*13-15,18-19,25-26H,3-12,16-17,20-22H2,1-2H3,(H,29,30);/q;;+2/p-2. The smallest absolute Gasteiger partial charge is 0.550 e. The number of ether oxygens (including phenoxy) is 4. The number of hydrogen-bond acceptors (Lipinski definition) is 10. The second-order valence-electron chi connectivity index (χ2n) is 17.4. The zero-order valence-electron chi connectivity index (χ0n) is 41.1. The van der Waals surface area contributed by atoms with Crippen LogP contribution in [0.3, 0.4) is 0 Å². The Bertz CT molecular complexity index is 1320. The Morgan fingerprint density at radius 2 is 0.677 bits per heavy atom. The molecule has 0 bridgehead atoms. The molecule has 0 fully saturated rings. The molecule has 364 valence electrons. The molecule has 0 amide bonds. The summed E-state index contributed by atoms with van der Waals surface area (Å²) in [6, 6.07) is 20.2. The fourth-order valence-electron chi connectivity index (χ4n) is 7.99. The molecular formula is C54H86BaO10. The maximum atomic E-state index is 11.5. The quantitative estimate of drug-likeness (QED) is 0.0358. The van der Waals surface area contributed by atoms with Crippen molar-refractivity contribution in [2.24, 2.45) is 0 Å². The van der Waals surface area contributed by atoms with Crippen molar-refractivity contribution in [2.75, 3.05) is 0 Å². The zero-order valence-corrected chi connectivity index (χ0v) is 45.5. The number of benzene rings is 2. The van der Waals surface area contributed by atoms with Crippen molar-refractivity contribution >= 4 is 72.8 Å². The van der Waals surface area contributed by atoms with Gasteiger partial charge in [-0.15, -0.1) is 0 Å². The number of unbranched alkanes of at least 4 members (excludes halogenated alkanes) is 20. The van der Waals surface area contributed by atoms with Gasteiger partial charge < -0.3 is 38.7 Å². The molecule has 4 unspecified atom stereocenters. The summed E-state index contributed by atoms with van der Waals surface area (Å²) < 4.78 is 23.4. The minimum Gasteiger partial charge on any atom is -0.550 e. The molecule has 0 spiro atoms. The van der Waals surface area contributed by atoms with Crippen molar-refractivity contribution in [1.29, 1.82) is 0 Å². The summed E-state index contributed by atoms with van der Waals surface area (Å²) >= 11 is 0. The van der Waals surface area contributed by atoms with Gasteiger partial charge in [-0.05, 0) is 62.5 Å². The first-order valence-electron chi connectivity index (χ1n) is 25.1. The number of carbonyl (C=O) groups is 4. The molecule has 2 aromatic carbocycles. The Morgan fingerprint density at radius 1 is 0.415 bits per heavy atom. The summed E-state index contributed by atoms with van der Waals surface area (Å²) in [5.41, 5.74) is 2.27. The van der Waals surface area contributed by atoms with Crippen LogP contribution in [0.2, 0.25) is 0 Å². The Balaban J connectivity index is 0.00000124. The molecule has 0 N–H and O–H groups in total. The molecule has 0 saturated heterocycles. The van der Waals surface area contributed by atoms with Gasteiger partial charge in [0.2, 0.25) is 0 Å². The number of carboxylic acid groups (broad SMARTS) is 2. The van der Waals surface area contributed by atoms with Gasteiger partial charge in [0.1, 0.15) is 12.2 Å². The van der Waals surface area contributed by atoms with E-state index in [9.17, 15) is 29.4 Å². The first kappa shape index (κ1) is 62.8. The molecule has 4 atom stereocenters. The fourth-order valence-corrected chi connectivity index (χ4v) is 7.99. The van der Waals surface area contributed by atoms with Crippen LogP contribution in [0.4, 0.5) is 0 Å². The molecule has 0 aromatic heterocycles. The van der Waals surface area contributed by atoms with E-state index in [0.29, 0.717) is 13.2 Å². The molecule has 0 aliphatic carbocycles. The van der Waals surface area contributed by atoms with Gasteiger partial charge in [-0.25, -0.2) is 0 Å². The number of esters is 2. The molecule has 65 heavy (non-hydrogen) atoms. The number of aliphatic carboxylic acids is 2. The Hall–Kier alpha value is -2.19. The van der Waals surface area contributed by atoms with Crippen molar-refractivity contribution in [2.45, 2.75) is 245 Å². The monoisotopic (exact) mass is 1030 g/mol. The van der Waals surface area contributed by atoms with E-state index in [2.05, 4.69) is 24.3 Å². The summed E-state index contributed by atoms with van der Waals surface area (Å²) in [4.78, 5) is 43.7. The average Bonchev–Trinajstić information content (AvgIpc) is 3.28. The molecule has 10 nitrogen and oxygen atoms in total. The normalized spacial score (nSPS) is 12.7. The fraction of sp³-hybridized carbons (Fsp3) is 0.704. The van der Waals surface area contributed by atoms with Gasteiger partial charge in [-0.2, -0.15) is 0 Å². The largest absolute Gasteiger partial charge is 2.00 e. The van der Waals surface area contributed by atoms with Gasteiger partial charge in [0.05, 0.1) is 25.4 Å². The van der Waals surface area contributed by atoms with E-state index >= 15 is 0 Å². The summed E-state index contributed by atoms with van der Waals surface area (Å²) in [5.74, 6) is -2.36. The van der Waals surface area contributed by atoms with E-state index < -0.39 is 11.9 Å². The average molecular weight is 1030 g/mol. The molecule has 0 saturated carbocycles. The van der Waals surface area contributed by atoms with E-state index in [1.165, 1.54) is 104 Å². The van der Waals surface area contributed by atoms with Gasteiger partial charge in [-0.1, -0.05) is 203 Å². The van der Waals surface area contributed by atoms with E-state index in [-0.39, 0.29) is 98.1 Å². The molecule has 0 aliphatic heterocycles. The van der Waals surface area contributed by atoms with Crippen LogP contribution in [0.25, 0.3) is 0 Å². The minimum absolute atomic E-state index is 0. The van der Waals surface area contributed by atoms with Crippen molar-refractivity contribution in [1.82, 2.24) is 0 Å². The van der Waals surface area contributed by atoms with Crippen LogP contribution in [0.5, 0.6) is 0 Å². The van der Waals surface area contributed by atoms with Crippen LogP contribution in [0, 0.1) is 0 Å². The summed E-state index contributed by atoms with van der Waals surface area (Å²) in [6.07, 6.45) is 28.3. The zero-order chi connectivity index (χ0) is 46.9. The van der Waals surface area contributed by atoms with Crippen molar-refractivity contribution in [3.63, 3.8) is 0 Å². The number of rotatable bonds is 40. The van der Waals surface area contributed by atoms with E-state index in [4.69, 9.17) is 18.9 Å². The number of carboxylic acids is 2. The molecule has 11 heteroatoms. The van der Waals surface area contributed by atoms with Crippen molar-refractivity contribution in [3.8, 4) is 0 Å². The third kappa shape index (κ3) is 38.5. The molecule has 0 heterocycles. The van der Waals surface area contributed by atoms with E-state index in [1.54, 1.807) is 0 Å². The molecule has 2 rings (SSSR count). The van der Waals surface area contributed by atoms with Gasteiger partial charge in [0, 0.05) is 25.8 Å². The first-order chi connectivity index (χ1) is 31.0. The third-order valence-corrected chi connectivity index (χ3v) is 11.6. The topological polar surface area (TPSA) is 151 Å². The van der Waals surface area contributed by atoms with E-state index in [1.807, 2.05) is 50.2 Å². The van der Waals surface area contributed by atoms with Crippen LogP contribution in [0.15, 0.2) is 60.7 Å². The summed E-state index contributed by atoms with van der Waals surface area (Å²) in [5, 5.41) is 20.7. The van der Waals surface area contributed by atoms with Crippen LogP contribution < -0.4 is 10.2 Å². The Kier molecular flexibility index (Phi) is 42.8. The van der Waals surface area contributed by atoms with Crippen molar-refractivity contribution in [3.05, 3.63) is 71.8 Å². The van der Waals surface area contributed by atoms with Gasteiger partial charge >= 0.3 is 60.8 Å². The summed E-state index contributed by atoms with van der Waals surface area (Å²) in [7, 11) is 0. The molecule has 0 aliphatic rings. The minimum atomic E-state index is -0.935. The molecular weight excluding hydrogens is 946 g/mol. The Labute approximate surface area is 434 Å². The van der Waals surface area contributed by atoms with Gasteiger partial charge in [0.25, 0.3) is 0 Å². The maximum Gasteiger partial charge on any atom is 2.00 e.